The summed E-state index contributed by atoms with van der Waals surface area (Å²) >= 11 is 14.2. The maximum Gasteiger partial charge on any atom is 0.237 e. The van der Waals surface area contributed by atoms with Crippen LogP contribution < -0.4 is 5.32 Å². The molecule has 0 fully saturated rings. The number of nitrogens with one attached hydrogen (secondary N) is 1. The van der Waals surface area contributed by atoms with E-state index in [1.807, 2.05) is 30.9 Å². The van der Waals surface area contributed by atoms with Gasteiger partial charge in [0.15, 0.2) is 0 Å². The average Bonchev–Trinajstić information content (AvgIpc) is 3.00. The Morgan fingerprint density at radius 2 is 2.12 bits per heavy atom. The summed E-state index contributed by atoms with van der Waals surface area (Å²) < 4.78 is 0. The number of carbonyl (C=O) groups excluding carboxylic acids is 1. The molecule has 1 aromatic carbocycles. The van der Waals surface area contributed by atoms with Gasteiger partial charge in [-0.2, -0.15) is 0 Å². The summed E-state index contributed by atoms with van der Waals surface area (Å²) in [4.78, 5) is 16.0. The van der Waals surface area contributed by atoms with Crippen molar-refractivity contribution in [2.24, 2.45) is 0 Å². The molecular formula is C18H20Cl2N2OS. The Bertz CT molecular complexity index is 744. The van der Waals surface area contributed by atoms with Gasteiger partial charge in [-0.1, -0.05) is 43.1 Å². The zero-order valence-electron chi connectivity index (χ0n) is 13.7. The zero-order valence-corrected chi connectivity index (χ0v) is 16.0. The van der Waals surface area contributed by atoms with Crippen molar-refractivity contribution < 1.29 is 4.79 Å². The van der Waals surface area contributed by atoms with E-state index in [9.17, 15) is 4.79 Å². The normalized spacial score (nSPS) is 17.2. The summed E-state index contributed by atoms with van der Waals surface area (Å²) in [5.74, 6) is 0.0940. The maximum atomic E-state index is 12.8. The number of nitrogens with zero attached hydrogens (tertiary/aromatic N) is 1. The zero-order chi connectivity index (χ0) is 17.3. The molecule has 1 aliphatic heterocycles. The highest BCUT2D eigenvalue weighted by atomic mass is 35.5. The van der Waals surface area contributed by atoms with Gasteiger partial charge < -0.3 is 10.2 Å². The van der Waals surface area contributed by atoms with E-state index in [1.165, 1.54) is 10.4 Å². The SMILES string of the molecule is CC(C)NCC(=O)N1CCc2sccc2[C@H]1c1ccc(Cl)cc1Cl. The molecule has 24 heavy (non-hydrogen) atoms. The van der Waals surface area contributed by atoms with Crippen LogP contribution in [-0.4, -0.2) is 29.9 Å². The van der Waals surface area contributed by atoms with E-state index >= 15 is 0 Å². The van der Waals surface area contributed by atoms with Crippen LogP contribution in [0.2, 0.25) is 10.0 Å². The first-order valence-corrected chi connectivity index (χ1v) is 9.65. The van der Waals surface area contributed by atoms with Crippen LogP contribution in [-0.2, 0) is 11.2 Å². The van der Waals surface area contributed by atoms with Gasteiger partial charge in [0.05, 0.1) is 12.6 Å². The van der Waals surface area contributed by atoms with E-state index in [2.05, 4.69) is 16.8 Å². The Balaban J connectivity index is 1.98. The minimum absolute atomic E-state index is 0.0940. The number of benzene rings is 1. The van der Waals surface area contributed by atoms with Gasteiger partial charge in [0.25, 0.3) is 0 Å². The second-order valence-corrected chi connectivity index (χ2v) is 8.08. The van der Waals surface area contributed by atoms with Crippen molar-refractivity contribution in [1.82, 2.24) is 10.2 Å². The molecule has 1 N–H and O–H groups in total. The topological polar surface area (TPSA) is 32.3 Å². The highest BCUT2D eigenvalue weighted by Crippen LogP contribution is 2.40. The van der Waals surface area contributed by atoms with Gasteiger partial charge in [-0.25, -0.2) is 0 Å². The van der Waals surface area contributed by atoms with Gasteiger partial charge in [-0.05, 0) is 41.1 Å². The number of hydrogen-bond acceptors (Lipinski definition) is 3. The fraction of sp³-hybridized carbons (Fsp3) is 0.389. The highest BCUT2D eigenvalue weighted by molar-refractivity contribution is 7.10. The van der Waals surface area contributed by atoms with Crippen LogP contribution in [0, 0.1) is 0 Å². The second-order valence-electron chi connectivity index (χ2n) is 6.24. The lowest BCUT2D eigenvalue weighted by molar-refractivity contribution is -0.132. The van der Waals surface area contributed by atoms with Crippen molar-refractivity contribution in [3.63, 3.8) is 0 Å². The predicted octanol–water partition coefficient (Wildman–Crippen LogP) is 4.53. The number of fused-ring (bicyclic) bond motifs is 1. The molecule has 0 radical (unpaired) electrons. The molecular weight excluding hydrogens is 363 g/mol. The second kappa shape index (κ2) is 7.44. The minimum atomic E-state index is -0.147. The Morgan fingerprint density at radius 3 is 2.83 bits per heavy atom. The first-order valence-electron chi connectivity index (χ1n) is 8.01. The summed E-state index contributed by atoms with van der Waals surface area (Å²) in [6, 6.07) is 7.73. The van der Waals surface area contributed by atoms with Crippen LogP contribution >= 0.6 is 34.5 Å². The van der Waals surface area contributed by atoms with Gasteiger partial charge in [-0.15, -0.1) is 11.3 Å². The average molecular weight is 383 g/mol. The molecule has 1 atom stereocenters. The van der Waals surface area contributed by atoms with E-state index in [0.29, 0.717) is 23.1 Å². The molecule has 0 saturated carbocycles. The summed E-state index contributed by atoms with van der Waals surface area (Å²) in [6.07, 6.45) is 0.891. The molecule has 2 aromatic rings. The molecule has 0 unspecified atom stereocenters. The molecule has 0 aliphatic carbocycles. The number of carbonyl (C=O) groups is 1. The first kappa shape index (κ1) is 17.7. The number of halogens is 2. The van der Waals surface area contributed by atoms with Crippen LogP contribution in [0.1, 0.15) is 35.9 Å². The van der Waals surface area contributed by atoms with Gasteiger partial charge in [0, 0.05) is 27.5 Å². The molecule has 128 valence electrons. The maximum absolute atomic E-state index is 12.8. The van der Waals surface area contributed by atoms with E-state index in [-0.39, 0.29) is 18.0 Å². The third kappa shape index (κ3) is 3.62. The Morgan fingerprint density at radius 1 is 1.33 bits per heavy atom. The van der Waals surface area contributed by atoms with Gasteiger partial charge in [0.1, 0.15) is 0 Å². The minimum Gasteiger partial charge on any atom is -0.330 e. The molecule has 0 spiro atoms. The Hall–Kier alpha value is -1.07. The fourth-order valence-corrected chi connectivity index (χ4v) is 4.45. The number of rotatable bonds is 4. The number of thiophene rings is 1. The van der Waals surface area contributed by atoms with Crippen molar-refractivity contribution in [1.29, 1.82) is 0 Å². The molecule has 1 aromatic heterocycles. The van der Waals surface area contributed by atoms with Crippen molar-refractivity contribution in [3.8, 4) is 0 Å². The quantitative estimate of drug-likeness (QED) is 0.842. The molecule has 3 nitrogen and oxygen atoms in total. The lowest BCUT2D eigenvalue weighted by Gasteiger charge is -2.37. The summed E-state index contributed by atoms with van der Waals surface area (Å²) in [6.45, 7) is 5.11. The first-order chi connectivity index (χ1) is 11.5. The highest BCUT2D eigenvalue weighted by Gasteiger charge is 2.33. The third-order valence-electron chi connectivity index (χ3n) is 4.20. The fourth-order valence-electron chi connectivity index (χ4n) is 3.04. The molecule has 2 heterocycles. The lowest BCUT2D eigenvalue weighted by atomic mass is 9.93. The molecule has 0 bridgehead atoms. The largest absolute Gasteiger partial charge is 0.330 e. The van der Waals surface area contributed by atoms with Crippen molar-refractivity contribution in [3.05, 3.63) is 55.7 Å². The standard InChI is InChI=1S/C18H20Cl2N2OS/c1-11(2)21-10-17(23)22-7-5-16-14(6-8-24-16)18(22)13-4-3-12(19)9-15(13)20/h3-4,6,8-9,11,18,21H,5,7,10H2,1-2H3/t18-/m1/s1. The van der Waals surface area contributed by atoms with E-state index in [0.717, 1.165) is 12.0 Å². The number of amides is 1. The van der Waals surface area contributed by atoms with E-state index in [4.69, 9.17) is 23.2 Å². The summed E-state index contributed by atoms with van der Waals surface area (Å²) in [5.41, 5.74) is 2.10. The van der Waals surface area contributed by atoms with Crippen LogP contribution in [0.5, 0.6) is 0 Å². The van der Waals surface area contributed by atoms with Gasteiger partial charge in [-0.3, -0.25) is 4.79 Å². The lowest BCUT2D eigenvalue weighted by Crippen LogP contribution is -2.45. The monoisotopic (exact) mass is 382 g/mol. The smallest absolute Gasteiger partial charge is 0.237 e. The van der Waals surface area contributed by atoms with Gasteiger partial charge in [0.2, 0.25) is 5.91 Å². The van der Waals surface area contributed by atoms with E-state index in [1.54, 1.807) is 17.4 Å². The van der Waals surface area contributed by atoms with Crippen LogP contribution in [0.4, 0.5) is 0 Å². The van der Waals surface area contributed by atoms with Crippen molar-refractivity contribution >= 4 is 40.4 Å². The van der Waals surface area contributed by atoms with Gasteiger partial charge >= 0.3 is 0 Å². The van der Waals surface area contributed by atoms with Crippen LogP contribution in [0.15, 0.2) is 29.6 Å². The van der Waals surface area contributed by atoms with Crippen LogP contribution in [0.25, 0.3) is 0 Å². The van der Waals surface area contributed by atoms with Crippen molar-refractivity contribution in [2.45, 2.75) is 32.4 Å². The molecule has 1 aliphatic rings. The molecule has 3 rings (SSSR count). The summed E-state index contributed by atoms with van der Waals surface area (Å²) in [5, 5.41) is 6.50. The Labute approximate surface area is 156 Å². The van der Waals surface area contributed by atoms with Crippen molar-refractivity contribution in [2.75, 3.05) is 13.1 Å². The predicted molar refractivity (Wildman–Crippen MR) is 101 cm³/mol. The number of hydrogen-bond donors (Lipinski definition) is 1. The molecule has 1 amide bonds. The summed E-state index contributed by atoms with van der Waals surface area (Å²) in [7, 11) is 0. The molecule has 0 saturated heterocycles. The van der Waals surface area contributed by atoms with E-state index < -0.39 is 0 Å². The van der Waals surface area contributed by atoms with Crippen LogP contribution in [0.3, 0.4) is 0 Å². The molecule has 6 heteroatoms. The third-order valence-corrected chi connectivity index (χ3v) is 5.76. The Kier molecular flexibility index (Phi) is 5.50.